The molecule has 1 aliphatic heterocycles. The van der Waals surface area contributed by atoms with Crippen LogP contribution in [-0.2, 0) is 4.79 Å². The number of hydrogen-bond acceptors (Lipinski definition) is 3. The summed E-state index contributed by atoms with van der Waals surface area (Å²) in [6.07, 6.45) is 0.570. The van der Waals surface area contributed by atoms with Gasteiger partial charge in [-0.25, -0.2) is 0 Å². The molecule has 1 saturated heterocycles. The number of ketones is 1. The first-order valence-electron chi connectivity index (χ1n) is 8.28. The Labute approximate surface area is 142 Å². The minimum Gasteiger partial charge on any atom is -0.497 e. The van der Waals surface area contributed by atoms with E-state index < -0.39 is 0 Å². The number of carbonyl (C=O) groups is 1. The molecule has 4 heteroatoms. The molecule has 4 nitrogen and oxygen atoms in total. The molecule has 0 aromatic heterocycles. The van der Waals surface area contributed by atoms with E-state index in [2.05, 4.69) is 17.4 Å². The van der Waals surface area contributed by atoms with E-state index in [1.807, 2.05) is 43.3 Å². The molecule has 0 bridgehead atoms. The second-order valence-electron chi connectivity index (χ2n) is 6.33. The average Bonchev–Trinajstić information content (AvgIpc) is 2.64. The standard InChI is InChI=1S/C20H23NO3/c1-13-19(22)12-18(14-4-8-16(23-2)9-5-14)21-20(13)15-6-10-17(24-3)11-7-15/h4-11,13,18,20-21H,12H2,1-3H3/p+1/t13-,18-,20-/m0/s1. The van der Waals surface area contributed by atoms with Crippen molar-refractivity contribution in [2.75, 3.05) is 14.2 Å². The van der Waals surface area contributed by atoms with Crippen molar-refractivity contribution in [1.82, 2.24) is 0 Å². The summed E-state index contributed by atoms with van der Waals surface area (Å²) >= 11 is 0. The molecule has 0 saturated carbocycles. The summed E-state index contributed by atoms with van der Waals surface area (Å²) in [6.45, 7) is 2.03. The highest BCUT2D eigenvalue weighted by molar-refractivity contribution is 5.82. The summed E-state index contributed by atoms with van der Waals surface area (Å²) in [7, 11) is 3.32. The lowest BCUT2D eigenvalue weighted by Crippen LogP contribution is -2.90. The van der Waals surface area contributed by atoms with Gasteiger partial charge >= 0.3 is 0 Å². The lowest BCUT2D eigenvalue weighted by atomic mass is 9.82. The van der Waals surface area contributed by atoms with Gasteiger partial charge in [0.1, 0.15) is 29.4 Å². The van der Waals surface area contributed by atoms with E-state index in [0.717, 1.165) is 22.6 Å². The van der Waals surface area contributed by atoms with Gasteiger partial charge in [-0.05, 0) is 55.5 Å². The molecule has 1 heterocycles. The first-order chi connectivity index (χ1) is 11.6. The lowest BCUT2D eigenvalue weighted by molar-refractivity contribution is -0.742. The fraction of sp³-hybridized carbons (Fsp3) is 0.350. The van der Waals surface area contributed by atoms with Crippen LogP contribution in [0.15, 0.2) is 48.5 Å². The number of methoxy groups -OCH3 is 2. The molecule has 0 unspecified atom stereocenters. The Bertz CT molecular complexity index is 694. The van der Waals surface area contributed by atoms with Gasteiger partial charge in [0.2, 0.25) is 0 Å². The number of quaternary nitrogens is 1. The first-order valence-corrected chi connectivity index (χ1v) is 8.28. The van der Waals surface area contributed by atoms with Gasteiger partial charge in [0, 0.05) is 11.1 Å². The number of carbonyl (C=O) groups excluding carboxylic acids is 1. The summed E-state index contributed by atoms with van der Waals surface area (Å²) in [5.41, 5.74) is 2.32. The Hall–Kier alpha value is -2.33. The highest BCUT2D eigenvalue weighted by Crippen LogP contribution is 2.30. The number of piperidine rings is 1. The van der Waals surface area contributed by atoms with Gasteiger partial charge in [-0.1, -0.05) is 0 Å². The molecule has 3 rings (SSSR count). The predicted octanol–water partition coefficient (Wildman–Crippen LogP) is 2.66. The monoisotopic (exact) mass is 326 g/mol. The van der Waals surface area contributed by atoms with Gasteiger partial charge in [0.05, 0.1) is 26.6 Å². The van der Waals surface area contributed by atoms with Crippen LogP contribution in [0.25, 0.3) is 0 Å². The molecular formula is C20H24NO3+. The SMILES string of the molecule is COc1ccc([C@@H]2CC(=O)[C@H](C)[C@@H](c3ccc(OC)cc3)[NH2+]2)cc1. The number of ether oxygens (including phenoxy) is 2. The van der Waals surface area contributed by atoms with Crippen LogP contribution in [0.1, 0.15) is 36.6 Å². The van der Waals surface area contributed by atoms with Crippen molar-refractivity contribution in [1.29, 1.82) is 0 Å². The molecule has 24 heavy (non-hydrogen) atoms. The van der Waals surface area contributed by atoms with Gasteiger partial charge in [0.15, 0.2) is 0 Å². The fourth-order valence-electron chi connectivity index (χ4n) is 3.39. The fourth-order valence-corrected chi connectivity index (χ4v) is 3.39. The van der Waals surface area contributed by atoms with Crippen LogP contribution in [0.2, 0.25) is 0 Å². The van der Waals surface area contributed by atoms with E-state index in [9.17, 15) is 4.79 Å². The third-order valence-corrected chi connectivity index (χ3v) is 4.95. The maximum Gasteiger partial charge on any atom is 0.148 e. The lowest BCUT2D eigenvalue weighted by Gasteiger charge is -2.32. The second kappa shape index (κ2) is 7.05. The van der Waals surface area contributed by atoms with E-state index in [-0.39, 0.29) is 18.0 Å². The van der Waals surface area contributed by atoms with Crippen molar-refractivity contribution in [3.63, 3.8) is 0 Å². The normalized spacial score (nSPS) is 23.8. The summed E-state index contributed by atoms with van der Waals surface area (Å²) in [5.74, 6) is 1.99. The third-order valence-electron chi connectivity index (χ3n) is 4.95. The van der Waals surface area contributed by atoms with Crippen molar-refractivity contribution in [2.24, 2.45) is 5.92 Å². The minimum atomic E-state index is 0.00731. The maximum absolute atomic E-state index is 12.5. The smallest absolute Gasteiger partial charge is 0.148 e. The van der Waals surface area contributed by atoms with Crippen molar-refractivity contribution in [3.8, 4) is 11.5 Å². The molecule has 1 fully saturated rings. The van der Waals surface area contributed by atoms with Crippen LogP contribution in [0.3, 0.4) is 0 Å². The van der Waals surface area contributed by atoms with Gasteiger partial charge in [-0.3, -0.25) is 4.79 Å². The van der Waals surface area contributed by atoms with Crippen LogP contribution in [0, 0.1) is 5.92 Å². The van der Waals surface area contributed by atoms with Crippen LogP contribution in [0.5, 0.6) is 11.5 Å². The number of nitrogens with two attached hydrogens (primary N) is 1. The summed E-state index contributed by atoms with van der Waals surface area (Å²) in [6, 6.07) is 16.3. The molecule has 0 amide bonds. The number of benzene rings is 2. The van der Waals surface area contributed by atoms with Crippen LogP contribution in [-0.4, -0.2) is 20.0 Å². The Morgan fingerprint density at radius 2 is 1.38 bits per heavy atom. The maximum atomic E-state index is 12.5. The zero-order valence-electron chi connectivity index (χ0n) is 14.4. The zero-order chi connectivity index (χ0) is 17.1. The van der Waals surface area contributed by atoms with E-state index >= 15 is 0 Å². The van der Waals surface area contributed by atoms with Gasteiger partial charge < -0.3 is 14.8 Å². The molecule has 2 aromatic rings. The minimum absolute atomic E-state index is 0.00731. The van der Waals surface area contributed by atoms with Crippen molar-refractivity contribution < 1.29 is 19.6 Å². The van der Waals surface area contributed by atoms with Gasteiger partial charge in [-0.2, -0.15) is 0 Å². The molecule has 0 aliphatic carbocycles. The predicted molar refractivity (Wildman–Crippen MR) is 92.2 cm³/mol. The Morgan fingerprint density at radius 3 is 1.88 bits per heavy atom. The highest BCUT2D eigenvalue weighted by atomic mass is 16.5. The Balaban J connectivity index is 1.84. The summed E-state index contributed by atoms with van der Waals surface area (Å²) < 4.78 is 10.4. The van der Waals surface area contributed by atoms with E-state index in [1.165, 1.54) is 0 Å². The summed E-state index contributed by atoms with van der Waals surface area (Å²) in [4.78, 5) is 12.5. The summed E-state index contributed by atoms with van der Waals surface area (Å²) in [5, 5.41) is 2.32. The zero-order valence-corrected chi connectivity index (χ0v) is 14.4. The number of Topliss-reactive ketones (excluding diaryl/α,β-unsaturated/α-hetero) is 1. The molecule has 2 N–H and O–H groups in total. The molecular weight excluding hydrogens is 302 g/mol. The molecule has 126 valence electrons. The van der Waals surface area contributed by atoms with E-state index in [4.69, 9.17) is 9.47 Å². The van der Waals surface area contributed by atoms with Crippen LogP contribution < -0.4 is 14.8 Å². The molecule has 0 radical (unpaired) electrons. The van der Waals surface area contributed by atoms with E-state index in [1.54, 1.807) is 14.2 Å². The van der Waals surface area contributed by atoms with Crippen molar-refractivity contribution in [3.05, 3.63) is 59.7 Å². The quantitative estimate of drug-likeness (QED) is 0.940. The van der Waals surface area contributed by atoms with Crippen LogP contribution >= 0.6 is 0 Å². The third kappa shape index (κ3) is 3.29. The first kappa shape index (κ1) is 16.5. The number of hydrogen-bond donors (Lipinski definition) is 1. The molecule has 0 spiro atoms. The van der Waals surface area contributed by atoms with Gasteiger partial charge in [0.25, 0.3) is 0 Å². The molecule has 1 aliphatic rings. The van der Waals surface area contributed by atoms with Crippen LogP contribution in [0.4, 0.5) is 0 Å². The average molecular weight is 326 g/mol. The second-order valence-corrected chi connectivity index (χ2v) is 6.33. The van der Waals surface area contributed by atoms with Crippen molar-refractivity contribution in [2.45, 2.75) is 25.4 Å². The topological polar surface area (TPSA) is 52.1 Å². The Morgan fingerprint density at radius 1 is 0.875 bits per heavy atom. The van der Waals surface area contributed by atoms with Gasteiger partial charge in [-0.15, -0.1) is 0 Å². The largest absolute Gasteiger partial charge is 0.497 e. The number of rotatable bonds is 4. The highest BCUT2D eigenvalue weighted by Gasteiger charge is 2.38. The van der Waals surface area contributed by atoms with E-state index in [0.29, 0.717) is 12.2 Å². The Kier molecular flexibility index (Phi) is 4.86. The van der Waals surface area contributed by atoms with Crippen molar-refractivity contribution >= 4 is 5.78 Å². The molecule has 2 aromatic carbocycles. The molecule has 3 atom stereocenters.